The number of carboxylic acids is 5. The maximum atomic E-state index is 11.2. The molecule has 16 nitrogen and oxygen atoms in total. The zero-order valence-electron chi connectivity index (χ0n) is 14.6. The van der Waals surface area contributed by atoms with Gasteiger partial charge >= 0.3 is 41.8 Å². The van der Waals surface area contributed by atoms with E-state index in [0.717, 1.165) is 0 Å². The molecule has 0 aliphatic heterocycles. The van der Waals surface area contributed by atoms with Crippen LogP contribution >= 0.6 is 0 Å². The summed E-state index contributed by atoms with van der Waals surface area (Å²) >= 11 is 0. The molecule has 8 N–H and O–H groups in total. The Morgan fingerprint density at radius 3 is 1.50 bits per heavy atom. The normalized spacial score (nSPS) is 14.2. The molecule has 0 spiro atoms. The van der Waals surface area contributed by atoms with E-state index < -0.39 is 72.4 Å². The van der Waals surface area contributed by atoms with E-state index in [4.69, 9.17) is 35.7 Å². The van der Waals surface area contributed by atoms with Gasteiger partial charge in [-0.3, -0.25) is 9.59 Å². The highest BCUT2D eigenvalue weighted by molar-refractivity contribution is 5.97. The van der Waals surface area contributed by atoms with Gasteiger partial charge in [0.2, 0.25) is 0 Å². The number of hydrogen-bond acceptors (Lipinski definition) is 11. The third kappa shape index (κ3) is 11.7. The zero-order chi connectivity index (χ0) is 24.2. The Morgan fingerprint density at radius 1 is 0.767 bits per heavy atom. The molecule has 0 aliphatic rings. The van der Waals surface area contributed by atoms with Gasteiger partial charge in [-0.2, -0.15) is 0 Å². The van der Waals surface area contributed by atoms with E-state index in [2.05, 4.69) is 4.74 Å². The Labute approximate surface area is 164 Å². The molecule has 0 fully saturated rings. The molecule has 0 bridgehead atoms. The summed E-state index contributed by atoms with van der Waals surface area (Å²) in [6.07, 6.45) is -6.35. The summed E-state index contributed by atoms with van der Waals surface area (Å²) in [6, 6.07) is 0. The molecular weight excluding hydrogens is 424 g/mol. The van der Waals surface area contributed by atoms with E-state index in [0.29, 0.717) is 12.2 Å². The lowest BCUT2D eigenvalue weighted by molar-refractivity contribution is -0.173. The minimum atomic E-state index is -2.93. The van der Waals surface area contributed by atoms with Crippen molar-refractivity contribution in [2.24, 2.45) is 0 Å². The van der Waals surface area contributed by atoms with Gasteiger partial charge in [0.25, 0.3) is 0 Å². The molecule has 30 heavy (non-hydrogen) atoms. The summed E-state index contributed by atoms with van der Waals surface area (Å²) < 4.78 is 3.98. The lowest BCUT2D eigenvalue weighted by Gasteiger charge is -2.19. The van der Waals surface area contributed by atoms with E-state index in [-0.39, 0.29) is 0 Å². The topological polar surface area (TPSA) is 291 Å². The second-order valence-corrected chi connectivity index (χ2v) is 5.11. The molecule has 3 atom stereocenters. The van der Waals surface area contributed by atoms with Crippen molar-refractivity contribution in [3.8, 4) is 0 Å². The highest BCUT2D eigenvalue weighted by atomic mass is 16.6. The van der Waals surface area contributed by atoms with Crippen molar-refractivity contribution in [1.82, 2.24) is 0 Å². The number of aliphatic carboxylic acids is 5. The van der Waals surface area contributed by atoms with Crippen molar-refractivity contribution in [2.45, 2.75) is 30.7 Å². The minimum absolute atomic E-state index is 0.371. The van der Waals surface area contributed by atoms with Crippen molar-refractivity contribution in [3.05, 3.63) is 12.2 Å². The average Bonchev–Trinajstić information content (AvgIpc) is 2.57. The molecule has 0 aromatic heterocycles. The number of ether oxygens (including phenoxy) is 1. The zero-order valence-corrected chi connectivity index (χ0v) is 14.6. The van der Waals surface area contributed by atoms with E-state index >= 15 is 0 Å². The van der Waals surface area contributed by atoms with Crippen LogP contribution in [0.3, 0.4) is 0 Å². The maximum Gasteiger partial charge on any atom is 0.338 e. The molecule has 0 amide bonds. The number of carboxylic acid groups (broad SMARTS) is 5. The van der Waals surface area contributed by atoms with Gasteiger partial charge in [-0.15, -0.1) is 0 Å². The van der Waals surface area contributed by atoms with Crippen LogP contribution in [0.1, 0.15) is 12.8 Å². The SMILES string of the molecule is O=C(O)/C=C\C(=O)OC(=O)CC(O)(CC(=O)O)C(=O)O.O=C(O)C(O)C(O)C(=O)O. The van der Waals surface area contributed by atoms with Crippen molar-refractivity contribution in [2.75, 3.05) is 0 Å². The molecule has 0 saturated carbocycles. The van der Waals surface area contributed by atoms with Gasteiger partial charge in [0.05, 0.1) is 12.8 Å². The van der Waals surface area contributed by atoms with Crippen LogP contribution < -0.4 is 0 Å². The van der Waals surface area contributed by atoms with Crippen LogP contribution in [0.5, 0.6) is 0 Å². The Balaban J connectivity index is 0. The number of rotatable bonds is 10. The summed E-state index contributed by atoms with van der Waals surface area (Å²) in [7, 11) is 0. The van der Waals surface area contributed by atoms with Crippen molar-refractivity contribution in [3.63, 3.8) is 0 Å². The Hall–Kier alpha value is -3.89. The first-order valence-electron chi connectivity index (χ1n) is 7.18. The highest BCUT2D eigenvalue weighted by Gasteiger charge is 2.41. The monoisotopic (exact) mass is 440 g/mol. The van der Waals surface area contributed by atoms with E-state index in [1.54, 1.807) is 0 Å². The van der Waals surface area contributed by atoms with Crippen LogP contribution in [0.2, 0.25) is 0 Å². The highest BCUT2D eigenvalue weighted by Crippen LogP contribution is 2.17. The lowest BCUT2D eigenvalue weighted by atomic mass is 9.96. The Kier molecular flexibility index (Phi) is 11.8. The first-order valence-corrected chi connectivity index (χ1v) is 7.18. The molecule has 0 aromatic rings. The lowest BCUT2D eigenvalue weighted by Crippen LogP contribution is -2.43. The fraction of sp³-hybridized carbons (Fsp3) is 0.357. The summed E-state index contributed by atoms with van der Waals surface area (Å²) in [4.78, 5) is 72.7. The smallest absolute Gasteiger partial charge is 0.338 e. The second kappa shape index (κ2) is 12.5. The summed E-state index contributed by atoms with van der Waals surface area (Å²) in [5, 5.41) is 67.2. The maximum absolute atomic E-state index is 11.2. The van der Waals surface area contributed by atoms with Crippen LogP contribution in [0.15, 0.2) is 12.2 Å². The number of hydrogen-bond donors (Lipinski definition) is 8. The molecular formula is C14H16O16. The quantitative estimate of drug-likeness (QED) is 0.0919. The van der Waals surface area contributed by atoms with Crippen molar-refractivity contribution in [1.29, 1.82) is 0 Å². The van der Waals surface area contributed by atoms with Crippen LogP contribution in [0, 0.1) is 0 Å². The van der Waals surface area contributed by atoms with E-state index in [1.165, 1.54) is 0 Å². The fourth-order valence-electron chi connectivity index (χ4n) is 1.29. The number of aliphatic hydroxyl groups excluding tert-OH is 2. The molecule has 0 rings (SSSR count). The van der Waals surface area contributed by atoms with Gasteiger partial charge < -0.3 is 45.6 Å². The van der Waals surface area contributed by atoms with Crippen LogP contribution in [0.25, 0.3) is 0 Å². The predicted molar refractivity (Wildman–Crippen MR) is 84.6 cm³/mol. The molecule has 0 saturated heterocycles. The third-order valence-corrected chi connectivity index (χ3v) is 2.66. The Morgan fingerprint density at radius 2 is 1.20 bits per heavy atom. The fourth-order valence-corrected chi connectivity index (χ4v) is 1.29. The first kappa shape index (κ1) is 28.3. The van der Waals surface area contributed by atoms with Gasteiger partial charge in [0.1, 0.15) is 0 Å². The standard InChI is InChI=1S/C10H10O10.C4H6O6/c11-5(12)1-2-7(15)20-8(16)4-10(19,9(17)18)3-6(13)14;5-1(3(7)8)2(6)4(9)10/h1-2,19H,3-4H2,(H,11,12)(H,13,14)(H,17,18);1-2,5-6H,(H,7,8)(H,9,10)/b2-1-;. The van der Waals surface area contributed by atoms with Gasteiger partial charge in [-0.25, -0.2) is 24.0 Å². The van der Waals surface area contributed by atoms with Crippen LogP contribution in [-0.2, 0) is 38.3 Å². The van der Waals surface area contributed by atoms with Gasteiger partial charge in [0, 0.05) is 12.2 Å². The first-order chi connectivity index (χ1) is 13.5. The van der Waals surface area contributed by atoms with Gasteiger partial charge in [-0.1, -0.05) is 0 Å². The van der Waals surface area contributed by atoms with E-state index in [9.17, 15) is 38.7 Å². The van der Waals surface area contributed by atoms with Crippen LogP contribution in [-0.4, -0.2) is 100 Å². The van der Waals surface area contributed by atoms with Gasteiger partial charge in [-0.05, 0) is 0 Å². The summed E-state index contributed by atoms with van der Waals surface area (Å²) in [6.45, 7) is 0. The predicted octanol–water partition coefficient (Wildman–Crippen LogP) is -3.75. The van der Waals surface area contributed by atoms with E-state index in [1.807, 2.05) is 0 Å². The minimum Gasteiger partial charge on any atom is -0.481 e. The van der Waals surface area contributed by atoms with Crippen LogP contribution in [0.4, 0.5) is 0 Å². The number of esters is 2. The number of carbonyl (C=O) groups excluding carboxylic acids is 2. The molecule has 3 unspecified atom stereocenters. The molecule has 0 aliphatic carbocycles. The third-order valence-electron chi connectivity index (χ3n) is 2.66. The Bertz CT molecular complexity index is 718. The van der Waals surface area contributed by atoms with Crippen molar-refractivity contribution >= 4 is 41.8 Å². The molecule has 168 valence electrons. The molecule has 16 heteroatoms. The molecule has 0 heterocycles. The number of aliphatic hydroxyl groups is 3. The molecule has 0 aromatic carbocycles. The molecule has 0 radical (unpaired) electrons. The second-order valence-electron chi connectivity index (χ2n) is 5.11. The van der Waals surface area contributed by atoms with Gasteiger partial charge in [0.15, 0.2) is 17.8 Å². The average molecular weight is 440 g/mol. The van der Waals surface area contributed by atoms with Crippen molar-refractivity contribution < 1.29 is 79.2 Å². The largest absolute Gasteiger partial charge is 0.481 e. The summed E-state index contributed by atoms with van der Waals surface area (Å²) in [5.41, 5.74) is -2.93. The number of carbonyl (C=O) groups is 7. The summed E-state index contributed by atoms with van der Waals surface area (Å²) in [5.74, 6) is -11.6.